The molecular weight excluding hydrogens is 741 g/mol. The van der Waals surface area contributed by atoms with Gasteiger partial charge in [-0.15, -0.1) is 0 Å². The van der Waals surface area contributed by atoms with Gasteiger partial charge in [0.15, 0.2) is 0 Å². The third kappa shape index (κ3) is 8.88. The maximum Gasteiger partial charge on any atom is 0.324 e. The third-order valence-corrected chi connectivity index (χ3v) is 11.3. The Morgan fingerprint density at radius 1 is 1.14 bits per heavy atom. The number of rotatable bonds is 9. The van der Waals surface area contributed by atoms with E-state index in [1.165, 1.54) is 31.0 Å². The third-order valence-electron chi connectivity index (χ3n) is 11.3. The van der Waals surface area contributed by atoms with Gasteiger partial charge in [0, 0.05) is 82.0 Å². The van der Waals surface area contributed by atoms with Crippen LogP contribution in [-0.2, 0) is 59.4 Å². The van der Waals surface area contributed by atoms with Crippen LogP contribution in [0, 0.1) is 5.41 Å². The second-order valence-corrected chi connectivity index (χ2v) is 16.2. The highest BCUT2D eigenvalue weighted by Gasteiger charge is 2.38. The fraction of sp³-hybridized carbons (Fsp3) is 0.477. The number of hydrogen-bond donors (Lipinski definition) is 3. The first-order valence-electron chi connectivity index (χ1n) is 19.9. The van der Waals surface area contributed by atoms with Crippen molar-refractivity contribution < 1.29 is 38.5 Å². The van der Waals surface area contributed by atoms with Crippen LogP contribution < -0.4 is 10.7 Å². The SMILES string of the molecule is CCn1c(-c2cnccc2COC)c2c3cc(ccc31)-c1cc(O)cc(c1)C[C@H](NC(=O)[C@H]([C@H](C)OC)N(C)C(C)=O)C(=O)N1CCC[C@H](N1)C(=O)OCC(C)(C)C2. The van der Waals surface area contributed by atoms with Crippen LogP contribution in [0.25, 0.3) is 33.3 Å². The Bertz CT molecular complexity index is 2180. The lowest BCUT2D eigenvalue weighted by Crippen LogP contribution is -2.62. The molecule has 6 bridgehead atoms. The number of fused-ring (bicyclic) bond motifs is 6. The molecule has 1 fully saturated rings. The van der Waals surface area contributed by atoms with Crippen molar-refractivity contribution in [3.8, 4) is 28.1 Å². The second kappa shape index (κ2) is 17.7. The number of nitrogens with zero attached hydrogens (tertiary/aromatic N) is 4. The molecule has 14 heteroatoms. The fourth-order valence-electron chi connectivity index (χ4n) is 8.22. The number of pyridine rings is 1. The number of carbonyl (C=O) groups is 4. The van der Waals surface area contributed by atoms with E-state index in [-0.39, 0.29) is 31.2 Å². The van der Waals surface area contributed by atoms with Crippen molar-refractivity contribution >= 4 is 34.6 Å². The number of likely N-dealkylation sites (N-methyl/N-ethyl adjacent to an activating group) is 1. The normalized spacial score (nSPS) is 19.6. The molecule has 2 aromatic heterocycles. The number of aromatic nitrogens is 2. The Hall–Kier alpha value is -5.31. The maximum absolute atomic E-state index is 14.4. The fourth-order valence-corrected chi connectivity index (χ4v) is 8.22. The molecule has 2 aromatic carbocycles. The summed E-state index contributed by atoms with van der Waals surface area (Å²) < 4.78 is 19.4. The summed E-state index contributed by atoms with van der Waals surface area (Å²) in [6, 6.07) is 10.4. The second-order valence-electron chi connectivity index (χ2n) is 16.2. The first kappa shape index (κ1) is 42.3. The van der Waals surface area contributed by atoms with E-state index in [0.29, 0.717) is 38.0 Å². The number of ether oxygens (including phenoxy) is 3. The number of aryl methyl sites for hydroxylation is 1. The Morgan fingerprint density at radius 2 is 1.91 bits per heavy atom. The summed E-state index contributed by atoms with van der Waals surface area (Å²) in [5.74, 6) is -1.89. The molecule has 4 heterocycles. The highest BCUT2D eigenvalue weighted by molar-refractivity contribution is 5.96. The Morgan fingerprint density at radius 3 is 2.62 bits per heavy atom. The van der Waals surface area contributed by atoms with E-state index in [4.69, 9.17) is 14.2 Å². The molecule has 0 radical (unpaired) electrons. The van der Waals surface area contributed by atoms with Gasteiger partial charge in [0.1, 0.15) is 23.9 Å². The first-order chi connectivity index (χ1) is 27.7. The summed E-state index contributed by atoms with van der Waals surface area (Å²) in [6.07, 6.45) is 4.47. The van der Waals surface area contributed by atoms with Crippen molar-refractivity contribution in [1.29, 1.82) is 0 Å². The zero-order chi connectivity index (χ0) is 41.9. The molecule has 0 spiro atoms. The number of aromatic hydroxyl groups is 1. The average Bonchev–Trinajstić information content (AvgIpc) is 3.50. The molecule has 4 atom stereocenters. The summed E-state index contributed by atoms with van der Waals surface area (Å²) in [6.45, 7) is 10.8. The lowest BCUT2D eigenvalue weighted by Gasteiger charge is -2.36. The van der Waals surface area contributed by atoms with Crippen LogP contribution in [0.3, 0.4) is 0 Å². The molecular formula is C44H56N6O8. The molecule has 14 nitrogen and oxygen atoms in total. The molecule has 2 aliphatic rings. The molecule has 4 aromatic rings. The predicted octanol–water partition coefficient (Wildman–Crippen LogP) is 4.77. The van der Waals surface area contributed by atoms with Crippen molar-refractivity contribution in [1.82, 2.24) is 30.2 Å². The average molecular weight is 797 g/mol. The summed E-state index contributed by atoms with van der Waals surface area (Å²) in [5.41, 5.74) is 9.75. The van der Waals surface area contributed by atoms with Crippen molar-refractivity contribution in [3.05, 3.63) is 71.5 Å². The van der Waals surface area contributed by atoms with Gasteiger partial charge < -0.3 is 34.1 Å². The van der Waals surface area contributed by atoms with Crippen molar-refractivity contribution in [2.45, 2.75) is 97.7 Å². The van der Waals surface area contributed by atoms with Crippen LogP contribution >= 0.6 is 0 Å². The quantitative estimate of drug-likeness (QED) is 0.201. The Labute approximate surface area is 339 Å². The van der Waals surface area contributed by atoms with Gasteiger partial charge in [0.05, 0.1) is 25.0 Å². The number of hydrogen-bond acceptors (Lipinski definition) is 10. The predicted molar refractivity (Wildman–Crippen MR) is 219 cm³/mol. The number of methoxy groups -OCH3 is 2. The number of cyclic esters (lactones) is 1. The number of hydrazine groups is 1. The van der Waals surface area contributed by atoms with Crippen LogP contribution in [0.15, 0.2) is 54.9 Å². The van der Waals surface area contributed by atoms with Gasteiger partial charge in [-0.25, -0.2) is 5.43 Å². The van der Waals surface area contributed by atoms with E-state index >= 15 is 0 Å². The molecule has 3 N–H and O–H groups in total. The van der Waals surface area contributed by atoms with Gasteiger partial charge in [-0.2, -0.15) is 0 Å². The van der Waals surface area contributed by atoms with E-state index in [1.54, 1.807) is 32.4 Å². The number of esters is 1. The number of phenols is 1. The maximum atomic E-state index is 14.4. The monoisotopic (exact) mass is 796 g/mol. The highest BCUT2D eigenvalue weighted by Crippen LogP contribution is 2.41. The van der Waals surface area contributed by atoms with Gasteiger partial charge in [-0.3, -0.25) is 29.2 Å². The molecule has 310 valence electrons. The molecule has 0 saturated carbocycles. The minimum absolute atomic E-state index is 0.00153. The molecule has 58 heavy (non-hydrogen) atoms. The highest BCUT2D eigenvalue weighted by atomic mass is 16.5. The van der Waals surface area contributed by atoms with Gasteiger partial charge in [0.2, 0.25) is 11.8 Å². The van der Waals surface area contributed by atoms with Crippen molar-refractivity contribution in [3.63, 3.8) is 0 Å². The standard InChI is InChI=1S/C44H56N6O8/c1-9-49-38-13-12-29-21-33(38)34(40(49)35-23-45-15-14-30(35)24-56-7)22-44(4,5)25-58-43(55)36-11-10-16-50(47-36)42(54)37(19-28-17-31(29)20-32(52)18-28)46-41(53)39(26(2)57-8)48(6)27(3)51/h12-15,17-18,20-21,23,26,36-37,39,47,52H,9-11,16,19,22,24-25H2,1-8H3,(H,46,53)/t26-,36-,37-,39-/m0/s1. The molecule has 0 aliphatic carbocycles. The Kier molecular flexibility index (Phi) is 12.9. The number of amides is 3. The van der Waals surface area contributed by atoms with Gasteiger partial charge in [-0.1, -0.05) is 26.0 Å². The van der Waals surface area contributed by atoms with Gasteiger partial charge in [0.25, 0.3) is 5.91 Å². The van der Waals surface area contributed by atoms with Crippen LogP contribution in [0.5, 0.6) is 5.75 Å². The van der Waals surface area contributed by atoms with Crippen molar-refractivity contribution in [2.24, 2.45) is 5.41 Å². The molecule has 1 saturated heterocycles. The number of benzene rings is 2. The smallest absolute Gasteiger partial charge is 0.324 e. The largest absolute Gasteiger partial charge is 0.508 e. The number of phenolic OH excluding ortho intramolecular Hbond substituents is 1. The molecule has 3 amide bonds. The summed E-state index contributed by atoms with van der Waals surface area (Å²) in [7, 11) is 4.63. The van der Waals surface area contributed by atoms with E-state index in [0.717, 1.165) is 44.4 Å². The first-order valence-corrected chi connectivity index (χ1v) is 19.9. The zero-order valence-corrected chi connectivity index (χ0v) is 34.8. The summed E-state index contributed by atoms with van der Waals surface area (Å²) in [4.78, 5) is 60.5. The van der Waals surface area contributed by atoms with Crippen LogP contribution in [0.1, 0.15) is 64.2 Å². The topological polar surface area (TPSA) is 165 Å². The minimum atomic E-state index is -1.15. The molecule has 2 aliphatic heterocycles. The summed E-state index contributed by atoms with van der Waals surface area (Å²) in [5, 5.41) is 16.4. The van der Waals surface area contributed by atoms with E-state index < -0.39 is 47.4 Å². The zero-order valence-electron chi connectivity index (χ0n) is 34.8. The van der Waals surface area contributed by atoms with Crippen LogP contribution in [0.2, 0.25) is 0 Å². The van der Waals surface area contributed by atoms with E-state index in [1.807, 2.05) is 24.4 Å². The lowest BCUT2D eigenvalue weighted by molar-refractivity contribution is -0.155. The number of carbonyl (C=O) groups excluding carboxylic acids is 4. The molecule has 0 unspecified atom stereocenters. The van der Waals surface area contributed by atoms with Gasteiger partial charge in [-0.05, 0) is 91.3 Å². The van der Waals surface area contributed by atoms with Gasteiger partial charge >= 0.3 is 5.97 Å². The van der Waals surface area contributed by atoms with Crippen molar-refractivity contribution in [2.75, 3.05) is 34.4 Å². The van der Waals surface area contributed by atoms with Crippen LogP contribution in [-0.4, -0.2) is 107 Å². The van der Waals surface area contributed by atoms with E-state index in [2.05, 4.69) is 53.2 Å². The molecule has 6 rings (SSSR count). The van der Waals surface area contributed by atoms with Crippen LogP contribution in [0.4, 0.5) is 0 Å². The minimum Gasteiger partial charge on any atom is -0.508 e. The Balaban J connectivity index is 1.52. The lowest BCUT2D eigenvalue weighted by atomic mass is 9.84. The number of nitrogens with one attached hydrogen (secondary N) is 2. The van der Waals surface area contributed by atoms with E-state index in [9.17, 15) is 24.3 Å². The summed E-state index contributed by atoms with van der Waals surface area (Å²) >= 11 is 0.